The van der Waals surface area contributed by atoms with Crippen molar-refractivity contribution in [1.29, 1.82) is 0 Å². The van der Waals surface area contributed by atoms with Crippen molar-refractivity contribution in [3.05, 3.63) is 83.9 Å². The third-order valence-corrected chi connectivity index (χ3v) is 4.08. The van der Waals surface area contributed by atoms with Gasteiger partial charge in [0, 0.05) is 18.3 Å². The van der Waals surface area contributed by atoms with Crippen LogP contribution in [0.5, 0.6) is 17.2 Å². The molecule has 0 saturated carbocycles. The van der Waals surface area contributed by atoms with Crippen molar-refractivity contribution in [2.24, 2.45) is 0 Å². The Bertz CT molecular complexity index is 923. The van der Waals surface area contributed by atoms with Crippen molar-refractivity contribution in [2.45, 2.75) is 13.5 Å². The maximum atomic E-state index is 12.3. The van der Waals surface area contributed by atoms with Crippen molar-refractivity contribution >= 4 is 11.7 Å². The van der Waals surface area contributed by atoms with E-state index in [1.807, 2.05) is 37.3 Å². The second kappa shape index (κ2) is 8.27. The maximum absolute atomic E-state index is 12.3. The molecular formula is C22H22N2O3. The van der Waals surface area contributed by atoms with Crippen LogP contribution in [0.3, 0.4) is 0 Å². The molecule has 2 amide bonds. The zero-order valence-electron chi connectivity index (χ0n) is 15.3. The number of nitrogens with one attached hydrogen (secondary N) is 1. The number of aryl methyl sites for hydroxylation is 1. The van der Waals surface area contributed by atoms with Crippen molar-refractivity contribution in [3.63, 3.8) is 0 Å². The lowest BCUT2D eigenvalue weighted by Gasteiger charge is -2.18. The summed E-state index contributed by atoms with van der Waals surface area (Å²) < 4.78 is 5.81. The molecule has 0 aliphatic heterocycles. The van der Waals surface area contributed by atoms with E-state index in [-0.39, 0.29) is 11.8 Å². The summed E-state index contributed by atoms with van der Waals surface area (Å²) >= 11 is 0. The van der Waals surface area contributed by atoms with Crippen LogP contribution >= 0.6 is 0 Å². The molecule has 0 aliphatic rings. The minimum atomic E-state index is -0.259. The van der Waals surface area contributed by atoms with Crippen LogP contribution in [0.1, 0.15) is 11.1 Å². The van der Waals surface area contributed by atoms with Gasteiger partial charge in [-0.3, -0.25) is 0 Å². The van der Waals surface area contributed by atoms with Crippen LogP contribution in [0.2, 0.25) is 0 Å². The second-order valence-electron chi connectivity index (χ2n) is 6.36. The van der Waals surface area contributed by atoms with E-state index in [4.69, 9.17) is 4.74 Å². The van der Waals surface area contributed by atoms with Crippen molar-refractivity contribution in [1.82, 2.24) is 4.90 Å². The van der Waals surface area contributed by atoms with Crippen LogP contribution < -0.4 is 10.1 Å². The van der Waals surface area contributed by atoms with Gasteiger partial charge in [-0.05, 0) is 55.0 Å². The molecule has 27 heavy (non-hydrogen) atoms. The molecule has 5 heteroatoms. The molecule has 0 heterocycles. The number of phenols is 1. The first-order valence-corrected chi connectivity index (χ1v) is 8.65. The van der Waals surface area contributed by atoms with Gasteiger partial charge in [-0.25, -0.2) is 4.79 Å². The summed E-state index contributed by atoms with van der Waals surface area (Å²) in [6, 6.07) is 21.7. The van der Waals surface area contributed by atoms with Gasteiger partial charge in [0.2, 0.25) is 0 Å². The van der Waals surface area contributed by atoms with E-state index < -0.39 is 0 Å². The highest BCUT2D eigenvalue weighted by Crippen LogP contribution is 2.24. The Labute approximate surface area is 158 Å². The predicted molar refractivity (Wildman–Crippen MR) is 106 cm³/mol. The Morgan fingerprint density at radius 3 is 2.44 bits per heavy atom. The predicted octanol–water partition coefficient (Wildman–Crippen LogP) is 5.16. The number of amides is 2. The average Bonchev–Trinajstić information content (AvgIpc) is 2.65. The summed E-state index contributed by atoms with van der Waals surface area (Å²) in [5.74, 6) is 1.64. The molecular weight excluding hydrogens is 340 g/mol. The van der Waals surface area contributed by atoms with Crippen molar-refractivity contribution in [3.8, 4) is 17.2 Å². The molecule has 138 valence electrons. The molecule has 0 atom stereocenters. The van der Waals surface area contributed by atoms with E-state index in [0.29, 0.717) is 23.5 Å². The average molecular weight is 362 g/mol. The first-order valence-electron chi connectivity index (χ1n) is 8.65. The quantitative estimate of drug-likeness (QED) is 0.659. The van der Waals surface area contributed by atoms with Gasteiger partial charge in [0.05, 0.1) is 6.54 Å². The summed E-state index contributed by atoms with van der Waals surface area (Å²) in [5, 5.41) is 12.7. The molecule has 0 aromatic heterocycles. The van der Waals surface area contributed by atoms with Crippen LogP contribution in [0.25, 0.3) is 0 Å². The Balaban J connectivity index is 1.58. The molecule has 0 bridgehead atoms. The number of anilines is 1. The van der Waals surface area contributed by atoms with Crippen LogP contribution in [0.15, 0.2) is 72.8 Å². The van der Waals surface area contributed by atoms with Gasteiger partial charge in [-0.15, -0.1) is 0 Å². The van der Waals surface area contributed by atoms with E-state index in [1.165, 1.54) is 4.90 Å². The van der Waals surface area contributed by atoms with Crippen LogP contribution in [-0.2, 0) is 6.54 Å². The Morgan fingerprint density at radius 2 is 1.74 bits per heavy atom. The number of carbonyl (C=O) groups is 1. The molecule has 0 unspecified atom stereocenters. The van der Waals surface area contributed by atoms with Gasteiger partial charge in [-0.2, -0.15) is 0 Å². The molecule has 2 N–H and O–H groups in total. The van der Waals surface area contributed by atoms with E-state index in [2.05, 4.69) is 5.32 Å². The highest BCUT2D eigenvalue weighted by atomic mass is 16.5. The standard InChI is InChI=1S/C22H22N2O3/c1-16-6-5-8-20(14-16)27-19-12-10-18(11-13-19)23-22(26)24(2)15-17-7-3-4-9-21(17)25/h3-14,25H,15H2,1-2H3,(H,23,26). The number of hydrogen-bond donors (Lipinski definition) is 2. The van der Waals surface area contributed by atoms with E-state index >= 15 is 0 Å². The highest BCUT2D eigenvalue weighted by molar-refractivity contribution is 5.89. The number of carbonyl (C=O) groups excluding carboxylic acids is 1. The molecule has 0 saturated heterocycles. The Kier molecular flexibility index (Phi) is 5.61. The molecule has 3 aromatic rings. The minimum absolute atomic E-state index is 0.176. The first-order chi connectivity index (χ1) is 13.0. The smallest absolute Gasteiger partial charge is 0.321 e. The second-order valence-corrected chi connectivity index (χ2v) is 6.36. The number of phenolic OH excluding ortho intramolecular Hbond substituents is 1. The van der Waals surface area contributed by atoms with E-state index in [1.54, 1.807) is 49.5 Å². The number of benzene rings is 3. The molecule has 0 radical (unpaired) electrons. The van der Waals surface area contributed by atoms with Gasteiger partial charge >= 0.3 is 6.03 Å². The lowest BCUT2D eigenvalue weighted by molar-refractivity contribution is 0.220. The molecule has 0 aliphatic carbocycles. The van der Waals surface area contributed by atoms with Crippen LogP contribution in [-0.4, -0.2) is 23.1 Å². The molecule has 3 aromatic carbocycles. The minimum Gasteiger partial charge on any atom is -0.508 e. The van der Waals surface area contributed by atoms with Crippen molar-refractivity contribution in [2.75, 3.05) is 12.4 Å². The van der Waals surface area contributed by atoms with Gasteiger partial charge in [0.1, 0.15) is 17.2 Å². The lowest BCUT2D eigenvalue weighted by atomic mass is 10.2. The van der Waals surface area contributed by atoms with Gasteiger partial charge in [-0.1, -0.05) is 30.3 Å². The fourth-order valence-electron chi connectivity index (χ4n) is 2.61. The number of urea groups is 1. The summed E-state index contributed by atoms with van der Waals surface area (Å²) in [7, 11) is 1.68. The summed E-state index contributed by atoms with van der Waals surface area (Å²) in [6.45, 7) is 2.32. The SMILES string of the molecule is Cc1cccc(Oc2ccc(NC(=O)N(C)Cc3ccccc3O)cc2)c1. The summed E-state index contributed by atoms with van der Waals surface area (Å²) in [4.78, 5) is 13.8. The molecule has 0 fully saturated rings. The Morgan fingerprint density at radius 1 is 1.00 bits per heavy atom. The zero-order chi connectivity index (χ0) is 19.2. The monoisotopic (exact) mass is 362 g/mol. The number of para-hydroxylation sites is 1. The van der Waals surface area contributed by atoms with Crippen LogP contribution in [0.4, 0.5) is 10.5 Å². The zero-order valence-corrected chi connectivity index (χ0v) is 15.3. The number of aromatic hydroxyl groups is 1. The summed E-state index contributed by atoms with van der Waals surface area (Å²) in [6.07, 6.45) is 0. The summed E-state index contributed by atoms with van der Waals surface area (Å²) in [5.41, 5.74) is 2.49. The van der Waals surface area contributed by atoms with Gasteiger partial charge in [0.15, 0.2) is 0 Å². The van der Waals surface area contributed by atoms with E-state index in [9.17, 15) is 9.90 Å². The third kappa shape index (κ3) is 5.01. The topological polar surface area (TPSA) is 61.8 Å². The van der Waals surface area contributed by atoms with Crippen molar-refractivity contribution < 1.29 is 14.6 Å². The molecule has 3 rings (SSSR count). The van der Waals surface area contributed by atoms with Gasteiger partial charge in [0.25, 0.3) is 0 Å². The number of hydrogen-bond acceptors (Lipinski definition) is 3. The van der Waals surface area contributed by atoms with Crippen LogP contribution in [0, 0.1) is 6.92 Å². The highest BCUT2D eigenvalue weighted by Gasteiger charge is 2.11. The Hall–Kier alpha value is -3.47. The number of ether oxygens (including phenoxy) is 1. The van der Waals surface area contributed by atoms with E-state index in [0.717, 1.165) is 11.3 Å². The largest absolute Gasteiger partial charge is 0.508 e. The van der Waals surface area contributed by atoms with Gasteiger partial charge < -0.3 is 20.1 Å². The molecule has 0 spiro atoms. The normalized spacial score (nSPS) is 10.3. The number of rotatable bonds is 5. The number of nitrogens with zero attached hydrogens (tertiary/aromatic N) is 1. The fraction of sp³-hybridized carbons (Fsp3) is 0.136. The maximum Gasteiger partial charge on any atom is 0.321 e. The fourth-order valence-corrected chi connectivity index (χ4v) is 2.61. The first kappa shape index (κ1) is 18.3. The third-order valence-electron chi connectivity index (χ3n) is 4.08. The molecule has 5 nitrogen and oxygen atoms in total. The lowest BCUT2D eigenvalue weighted by Crippen LogP contribution is -2.30.